The number of benzene rings is 1. The van der Waals surface area contributed by atoms with Gasteiger partial charge in [0, 0.05) is 23.2 Å². The summed E-state index contributed by atoms with van der Waals surface area (Å²) in [6, 6.07) is 7.92. The van der Waals surface area contributed by atoms with E-state index >= 15 is 0 Å². The van der Waals surface area contributed by atoms with E-state index in [0.717, 1.165) is 47.8 Å². The molecule has 1 aliphatic heterocycles. The topological polar surface area (TPSA) is 59.5 Å². The number of nitrogens with zero attached hydrogens (tertiary/aromatic N) is 2. The molecule has 1 aliphatic rings. The van der Waals surface area contributed by atoms with E-state index in [1.165, 1.54) is 0 Å². The monoisotopic (exact) mass is 382 g/mol. The van der Waals surface area contributed by atoms with Gasteiger partial charge in [0.2, 0.25) is 0 Å². The summed E-state index contributed by atoms with van der Waals surface area (Å²) in [4.78, 5) is 32.6. The van der Waals surface area contributed by atoms with Crippen LogP contribution in [0.5, 0.6) is 0 Å². The molecule has 150 valence electrons. The standard InChI is InChI=1S/C23H30N2O3/c1-6-19-16(4)21(18-12-7-8-13-20(18)24-19)23(27)28-17(5)22(26)25-14(2)10-9-11-15(25)3/h7-8,12-15,17H,6,9-11H2,1-5H3/t14-,15-,17-/m0/s1. The molecule has 2 heterocycles. The third-order valence-corrected chi connectivity index (χ3v) is 5.86. The Balaban J connectivity index is 1.88. The van der Waals surface area contributed by atoms with Crippen LogP contribution < -0.4 is 0 Å². The number of carbonyl (C=O) groups excluding carboxylic acids is 2. The van der Waals surface area contributed by atoms with Crippen molar-refractivity contribution in [2.24, 2.45) is 0 Å². The third-order valence-electron chi connectivity index (χ3n) is 5.86. The van der Waals surface area contributed by atoms with Gasteiger partial charge >= 0.3 is 5.97 Å². The SMILES string of the molecule is CCc1nc2ccccc2c(C(=O)O[C@@H](C)C(=O)N2[C@@H](C)CCC[C@@H]2C)c1C. The van der Waals surface area contributed by atoms with E-state index in [1.54, 1.807) is 6.92 Å². The molecule has 0 spiro atoms. The number of para-hydroxylation sites is 1. The average molecular weight is 383 g/mol. The highest BCUT2D eigenvalue weighted by Gasteiger charge is 2.33. The molecule has 1 saturated heterocycles. The van der Waals surface area contributed by atoms with E-state index in [2.05, 4.69) is 18.8 Å². The number of hydrogen-bond donors (Lipinski definition) is 0. The maximum absolute atomic E-state index is 13.1. The Morgan fingerprint density at radius 2 is 1.86 bits per heavy atom. The predicted molar refractivity (Wildman–Crippen MR) is 110 cm³/mol. The molecule has 0 radical (unpaired) electrons. The van der Waals surface area contributed by atoms with Crippen LogP contribution in [0, 0.1) is 6.92 Å². The number of esters is 1. The highest BCUT2D eigenvalue weighted by atomic mass is 16.5. The number of likely N-dealkylation sites (tertiary alicyclic amines) is 1. The Morgan fingerprint density at radius 1 is 1.21 bits per heavy atom. The van der Waals surface area contributed by atoms with E-state index in [1.807, 2.05) is 43.0 Å². The Kier molecular flexibility index (Phi) is 6.01. The molecule has 2 aromatic rings. The Bertz CT molecular complexity index is 883. The highest BCUT2D eigenvalue weighted by Crippen LogP contribution is 2.26. The molecule has 0 N–H and O–H groups in total. The largest absolute Gasteiger partial charge is 0.449 e. The van der Waals surface area contributed by atoms with Crippen LogP contribution >= 0.6 is 0 Å². The van der Waals surface area contributed by atoms with E-state index in [4.69, 9.17) is 4.74 Å². The second-order valence-electron chi connectivity index (χ2n) is 7.85. The number of rotatable bonds is 4. The van der Waals surface area contributed by atoms with Crippen molar-refractivity contribution in [3.8, 4) is 0 Å². The van der Waals surface area contributed by atoms with E-state index in [9.17, 15) is 9.59 Å². The Hall–Kier alpha value is -2.43. The molecule has 1 aromatic heterocycles. The van der Waals surface area contributed by atoms with Gasteiger partial charge in [-0.05, 0) is 65.0 Å². The van der Waals surface area contributed by atoms with E-state index in [0.29, 0.717) is 5.56 Å². The van der Waals surface area contributed by atoms with Gasteiger partial charge in [-0.3, -0.25) is 9.78 Å². The average Bonchev–Trinajstić information content (AvgIpc) is 2.67. The zero-order valence-corrected chi connectivity index (χ0v) is 17.5. The van der Waals surface area contributed by atoms with Crippen LogP contribution in [0.15, 0.2) is 24.3 Å². The summed E-state index contributed by atoms with van der Waals surface area (Å²) in [5.41, 5.74) is 2.99. The molecule has 5 heteroatoms. The van der Waals surface area contributed by atoms with Crippen LogP contribution in [0.3, 0.4) is 0 Å². The first-order chi connectivity index (χ1) is 13.3. The molecule has 3 atom stereocenters. The van der Waals surface area contributed by atoms with Gasteiger partial charge in [-0.1, -0.05) is 25.1 Å². The third kappa shape index (κ3) is 3.75. The summed E-state index contributed by atoms with van der Waals surface area (Å²) in [6.45, 7) is 9.72. The van der Waals surface area contributed by atoms with Gasteiger partial charge in [0.15, 0.2) is 6.10 Å². The summed E-state index contributed by atoms with van der Waals surface area (Å²) in [7, 11) is 0. The highest BCUT2D eigenvalue weighted by molar-refractivity contribution is 6.05. The fourth-order valence-corrected chi connectivity index (χ4v) is 4.30. The molecule has 0 unspecified atom stereocenters. The molecule has 5 nitrogen and oxygen atoms in total. The van der Waals surface area contributed by atoms with Gasteiger partial charge in [-0.25, -0.2) is 4.79 Å². The number of amides is 1. The molecule has 1 aromatic carbocycles. The molecule has 0 aliphatic carbocycles. The summed E-state index contributed by atoms with van der Waals surface area (Å²) in [5, 5.41) is 0.765. The first-order valence-corrected chi connectivity index (χ1v) is 10.3. The quantitative estimate of drug-likeness (QED) is 0.734. The van der Waals surface area contributed by atoms with Crippen LogP contribution in [0.1, 0.15) is 68.6 Å². The molecule has 3 rings (SSSR count). The predicted octanol–water partition coefficient (Wildman–Crippen LogP) is 4.44. The first-order valence-electron chi connectivity index (χ1n) is 10.3. The van der Waals surface area contributed by atoms with Gasteiger partial charge in [-0.2, -0.15) is 0 Å². The van der Waals surface area contributed by atoms with Gasteiger partial charge in [0.25, 0.3) is 5.91 Å². The number of aryl methyl sites for hydroxylation is 1. The maximum atomic E-state index is 13.1. The van der Waals surface area contributed by atoms with Gasteiger partial charge < -0.3 is 9.64 Å². The van der Waals surface area contributed by atoms with Gasteiger partial charge in [-0.15, -0.1) is 0 Å². The number of hydrogen-bond acceptors (Lipinski definition) is 4. The lowest BCUT2D eigenvalue weighted by Gasteiger charge is -2.40. The smallest absolute Gasteiger partial charge is 0.339 e. The van der Waals surface area contributed by atoms with Crippen LogP contribution in [0.4, 0.5) is 0 Å². The number of fused-ring (bicyclic) bond motifs is 1. The minimum atomic E-state index is -0.813. The normalized spacial score (nSPS) is 20.8. The van der Waals surface area contributed by atoms with E-state index < -0.39 is 12.1 Å². The molecule has 1 amide bonds. The fraction of sp³-hybridized carbons (Fsp3) is 0.522. The molecular weight excluding hydrogens is 352 g/mol. The van der Waals surface area contributed by atoms with Crippen LogP contribution in [-0.4, -0.2) is 39.9 Å². The molecule has 28 heavy (non-hydrogen) atoms. The van der Waals surface area contributed by atoms with Gasteiger partial charge in [0.1, 0.15) is 0 Å². The van der Waals surface area contributed by atoms with E-state index in [-0.39, 0.29) is 18.0 Å². The number of ether oxygens (including phenoxy) is 1. The molecular formula is C23H30N2O3. The minimum absolute atomic E-state index is 0.111. The number of carbonyl (C=O) groups is 2. The summed E-state index contributed by atoms with van der Waals surface area (Å²) in [6.07, 6.45) is 3.03. The first kappa shape index (κ1) is 20.3. The van der Waals surface area contributed by atoms with Crippen LogP contribution in [-0.2, 0) is 16.0 Å². The maximum Gasteiger partial charge on any atom is 0.339 e. The molecule has 1 fully saturated rings. The van der Waals surface area contributed by atoms with Crippen molar-refractivity contribution in [2.75, 3.05) is 0 Å². The Labute approximate surface area is 167 Å². The summed E-state index contributed by atoms with van der Waals surface area (Å²) in [5.74, 6) is -0.566. The van der Waals surface area contributed by atoms with Crippen LogP contribution in [0.25, 0.3) is 10.9 Å². The number of aromatic nitrogens is 1. The van der Waals surface area contributed by atoms with Gasteiger partial charge in [0.05, 0.1) is 11.1 Å². The number of piperidine rings is 1. The summed E-state index contributed by atoms with van der Waals surface area (Å²) < 4.78 is 5.68. The van der Waals surface area contributed by atoms with Crippen molar-refractivity contribution in [1.29, 1.82) is 0 Å². The van der Waals surface area contributed by atoms with Crippen molar-refractivity contribution in [3.63, 3.8) is 0 Å². The van der Waals surface area contributed by atoms with Crippen molar-refractivity contribution in [1.82, 2.24) is 9.88 Å². The second-order valence-corrected chi connectivity index (χ2v) is 7.85. The second kappa shape index (κ2) is 8.29. The Morgan fingerprint density at radius 3 is 2.50 bits per heavy atom. The number of pyridine rings is 1. The minimum Gasteiger partial charge on any atom is -0.449 e. The van der Waals surface area contributed by atoms with Crippen molar-refractivity contribution < 1.29 is 14.3 Å². The van der Waals surface area contributed by atoms with Crippen molar-refractivity contribution >= 4 is 22.8 Å². The van der Waals surface area contributed by atoms with Crippen molar-refractivity contribution in [2.45, 2.75) is 78.5 Å². The zero-order valence-electron chi connectivity index (χ0n) is 17.5. The van der Waals surface area contributed by atoms with Crippen molar-refractivity contribution in [3.05, 3.63) is 41.1 Å². The summed E-state index contributed by atoms with van der Waals surface area (Å²) >= 11 is 0. The molecule has 0 bridgehead atoms. The fourth-order valence-electron chi connectivity index (χ4n) is 4.30. The zero-order chi connectivity index (χ0) is 20.4. The lowest BCUT2D eigenvalue weighted by Crippen LogP contribution is -2.51. The molecule has 0 saturated carbocycles. The lowest BCUT2D eigenvalue weighted by atomic mass is 9.97. The lowest BCUT2D eigenvalue weighted by molar-refractivity contribution is -0.146. The van der Waals surface area contributed by atoms with Crippen LogP contribution in [0.2, 0.25) is 0 Å².